The Morgan fingerprint density at radius 1 is 0.750 bits per heavy atom. The van der Waals surface area contributed by atoms with Crippen LogP contribution in [0.3, 0.4) is 0 Å². The number of para-hydroxylation sites is 1. The Kier molecular flexibility index (Phi) is 4.15. The second-order valence-electron chi connectivity index (χ2n) is 5.99. The molecule has 3 heteroatoms. The van der Waals surface area contributed by atoms with Crippen LogP contribution in [0.15, 0.2) is 89.9 Å². The molecule has 1 heterocycles. The van der Waals surface area contributed by atoms with Crippen molar-refractivity contribution in [1.82, 2.24) is 4.81 Å². The zero-order chi connectivity index (χ0) is 16.2. The summed E-state index contributed by atoms with van der Waals surface area (Å²) in [4.78, 5) is 6.77. The molecule has 1 aliphatic heterocycles. The highest BCUT2D eigenvalue weighted by Gasteiger charge is 2.21. The van der Waals surface area contributed by atoms with Gasteiger partial charge in [0.25, 0.3) is 7.41 Å². The molecule has 0 aliphatic carbocycles. The fraction of sp³-hybridized carbons (Fsp3) is 0.0952. The number of hydrogen-bond acceptors (Lipinski definition) is 2. The summed E-state index contributed by atoms with van der Waals surface area (Å²) in [5.41, 5.74) is 4.90. The van der Waals surface area contributed by atoms with Crippen molar-refractivity contribution in [2.24, 2.45) is 4.99 Å². The van der Waals surface area contributed by atoms with E-state index in [9.17, 15) is 0 Å². The number of benzene rings is 3. The summed E-state index contributed by atoms with van der Waals surface area (Å²) >= 11 is 0. The molecule has 0 bridgehead atoms. The molecular formula is C21H18BN2. The number of rotatable bonds is 4. The maximum absolute atomic E-state index is 4.58. The Morgan fingerprint density at radius 3 is 2.00 bits per heavy atom. The first-order valence-corrected chi connectivity index (χ1v) is 8.23. The van der Waals surface area contributed by atoms with Crippen LogP contribution in [0.2, 0.25) is 0 Å². The van der Waals surface area contributed by atoms with Crippen molar-refractivity contribution in [3.63, 3.8) is 0 Å². The van der Waals surface area contributed by atoms with Gasteiger partial charge in [-0.3, -0.25) is 0 Å². The number of fused-ring (bicyclic) bond motifs is 1. The average Bonchev–Trinajstić information content (AvgIpc) is 2.67. The van der Waals surface area contributed by atoms with Gasteiger partial charge in [0.05, 0.1) is 12.0 Å². The monoisotopic (exact) mass is 309 g/mol. The van der Waals surface area contributed by atoms with Gasteiger partial charge < -0.3 is 4.81 Å². The molecule has 0 unspecified atom stereocenters. The maximum Gasteiger partial charge on any atom is 0.260 e. The van der Waals surface area contributed by atoms with E-state index in [0.717, 1.165) is 12.2 Å². The normalized spacial score (nSPS) is 13.0. The van der Waals surface area contributed by atoms with Crippen molar-refractivity contribution in [3.8, 4) is 0 Å². The van der Waals surface area contributed by atoms with Crippen molar-refractivity contribution in [2.45, 2.75) is 12.4 Å². The SMILES string of the molecule is [B](C(c1ccccc1)c1ccccc1)N1C=Nc2ccccc2C1. The highest BCUT2D eigenvalue weighted by atomic mass is 15.1. The Balaban J connectivity index is 1.62. The predicted octanol–water partition coefficient (Wildman–Crippen LogP) is 4.57. The summed E-state index contributed by atoms with van der Waals surface area (Å²) in [6.07, 6.45) is 1.93. The second-order valence-corrected chi connectivity index (χ2v) is 5.99. The number of hydrogen-bond donors (Lipinski definition) is 0. The Bertz CT molecular complexity index is 791. The summed E-state index contributed by atoms with van der Waals surface area (Å²) in [7, 11) is 2.27. The molecule has 0 N–H and O–H groups in total. The van der Waals surface area contributed by atoms with Gasteiger partial charge in [-0.2, -0.15) is 0 Å². The first-order chi connectivity index (χ1) is 11.9. The lowest BCUT2D eigenvalue weighted by Gasteiger charge is -2.28. The summed E-state index contributed by atoms with van der Waals surface area (Å²) < 4.78 is 0. The lowest BCUT2D eigenvalue weighted by Crippen LogP contribution is -2.32. The zero-order valence-corrected chi connectivity index (χ0v) is 13.4. The van der Waals surface area contributed by atoms with E-state index < -0.39 is 0 Å². The van der Waals surface area contributed by atoms with Gasteiger partial charge >= 0.3 is 0 Å². The molecule has 0 atom stereocenters. The first kappa shape index (κ1) is 14.8. The third-order valence-electron chi connectivity index (χ3n) is 4.35. The molecule has 1 aliphatic rings. The Labute approximate surface area is 143 Å². The summed E-state index contributed by atoms with van der Waals surface area (Å²) in [5.74, 6) is 0.212. The third-order valence-corrected chi connectivity index (χ3v) is 4.35. The van der Waals surface area contributed by atoms with E-state index >= 15 is 0 Å². The van der Waals surface area contributed by atoms with Crippen molar-refractivity contribution < 1.29 is 0 Å². The van der Waals surface area contributed by atoms with Gasteiger partial charge in [-0.25, -0.2) is 4.99 Å². The van der Waals surface area contributed by atoms with Crippen molar-refractivity contribution in [3.05, 3.63) is 102 Å². The highest BCUT2D eigenvalue weighted by Crippen LogP contribution is 2.27. The third kappa shape index (κ3) is 3.11. The van der Waals surface area contributed by atoms with Crippen LogP contribution in [0.4, 0.5) is 5.69 Å². The van der Waals surface area contributed by atoms with E-state index in [2.05, 4.69) is 96.1 Å². The zero-order valence-electron chi connectivity index (χ0n) is 13.4. The molecule has 24 heavy (non-hydrogen) atoms. The smallest absolute Gasteiger partial charge is 0.260 e. The van der Waals surface area contributed by atoms with Crippen molar-refractivity contribution in [2.75, 3.05) is 0 Å². The molecule has 115 valence electrons. The van der Waals surface area contributed by atoms with Gasteiger partial charge in [0.1, 0.15) is 0 Å². The number of nitrogens with zero attached hydrogens (tertiary/aromatic N) is 2. The lowest BCUT2D eigenvalue weighted by molar-refractivity contribution is 0.634. The standard InChI is InChI=1S/C21H18BN2/c1-3-9-17(10-4-1)21(18-11-5-2-6-12-18)22-24-15-19-13-7-8-14-20(19)23-16-24/h1-14,16,21H,15H2. The van der Waals surface area contributed by atoms with E-state index in [4.69, 9.17) is 0 Å². The molecule has 2 nitrogen and oxygen atoms in total. The van der Waals surface area contributed by atoms with Gasteiger partial charge in [-0.1, -0.05) is 78.9 Å². The molecule has 3 aromatic carbocycles. The fourth-order valence-electron chi connectivity index (χ4n) is 3.11. The van der Waals surface area contributed by atoms with Gasteiger partial charge in [-0.05, 0) is 22.8 Å². The van der Waals surface area contributed by atoms with E-state index in [1.54, 1.807) is 0 Å². The van der Waals surface area contributed by atoms with Crippen LogP contribution in [-0.4, -0.2) is 18.6 Å². The quantitative estimate of drug-likeness (QED) is 0.645. The molecule has 0 fully saturated rings. The minimum atomic E-state index is 0.212. The van der Waals surface area contributed by atoms with Gasteiger partial charge in [0.2, 0.25) is 0 Å². The minimum Gasteiger partial charge on any atom is -0.405 e. The van der Waals surface area contributed by atoms with Crippen LogP contribution >= 0.6 is 0 Å². The number of aliphatic imine (C=N–C) groups is 1. The van der Waals surface area contributed by atoms with Crippen LogP contribution in [0.5, 0.6) is 0 Å². The molecule has 0 saturated heterocycles. The Morgan fingerprint density at radius 2 is 1.33 bits per heavy atom. The van der Waals surface area contributed by atoms with Crippen LogP contribution in [0.25, 0.3) is 0 Å². The van der Waals surface area contributed by atoms with Crippen LogP contribution in [0, 0.1) is 0 Å². The molecule has 3 aromatic rings. The molecule has 1 radical (unpaired) electrons. The second kappa shape index (κ2) is 6.75. The summed E-state index contributed by atoms with van der Waals surface area (Å²) in [6.45, 7) is 0.857. The lowest BCUT2D eigenvalue weighted by atomic mass is 9.66. The molecule has 4 rings (SSSR count). The highest BCUT2D eigenvalue weighted by molar-refractivity contribution is 6.39. The van der Waals surface area contributed by atoms with Crippen molar-refractivity contribution in [1.29, 1.82) is 0 Å². The van der Waals surface area contributed by atoms with E-state index in [1.165, 1.54) is 16.7 Å². The average molecular weight is 309 g/mol. The summed E-state index contributed by atoms with van der Waals surface area (Å²) in [5, 5.41) is 0. The summed E-state index contributed by atoms with van der Waals surface area (Å²) in [6, 6.07) is 29.6. The predicted molar refractivity (Wildman–Crippen MR) is 101 cm³/mol. The van der Waals surface area contributed by atoms with Gasteiger partial charge in [0.15, 0.2) is 0 Å². The van der Waals surface area contributed by atoms with Gasteiger partial charge in [0, 0.05) is 12.4 Å². The maximum atomic E-state index is 4.58. The van der Waals surface area contributed by atoms with E-state index in [1.807, 2.05) is 12.4 Å². The molecular weight excluding hydrogens is 291 g/mol. The van der Waals surface area contributed by atoms with Crippen LogP contribution in [-0.2, 0) is 6.54 Å². The Hall–Kier alpha value is -2.81. The molecule has 0 amide bonds. The van der Waals surface area contributed by atoms with E-state index in [-0.39, 0.29) is 5.82 Å². The van der Waals surface area contributed by atoms with Crippen LogP contribution in [0.1, 0.15) is 22.5 Å². The largest absolute Gasteiger partial charge is 0.405 e. The first-order valence-electron chi connectivity index (χ1n) is 8.23. The molecule has 0 saturated carbocycles. The van der Waals surface area contributed by atoms with Crippen molar-refractivity contribution >= 4 is 19.4 Å². The topological polar surface area (TPSA) is 15.6 Å². The van der Waals surface area contributed by atoms with Crippen LogP contribution < -0.4 is 0 Å². The minimum absolute atomic E-state index is 0.212. The molecule has 0 spiro atoms. The fourth-order valence-corrected chi connectivity index (χ4v) is 3.11. The van der Waals surface area contributed by atoms with Gasteiger partial charge in [-0.15, -0.1) is 0 Å². The van der Waals surface area contributed by atoms with E-state index in [0.29, 0.717) is 0 Å². The molecule has 0 aromatic heterocycles.